The van der Waals surface area contributed by atoms with Crippen molar-refractivity contribution in [3.8, 4) is 5.75 Å². The summed E-state index contributed by atoms with van der Waals surface area (Å²) in [4.78, 5) is 6.34. The SMILES string of the molecule is I.NC(=NCC(O)COc1ccccc1Br)N1CCCCC1. The molecule has 124 valence electrons. The molecule has 0 aliphatic carbocycles. The van der Waals surface area contributed by atoms with Gasteiger partial charge in [-0.15, -0.1) is 24.0 Å². The number of likely N-dealkylation sites (tertiary alicyclic amines) is 1. The summed E-state index contributed by atoms with van der Waals surface area (Å²) >= 11 is 3.40. The van der Waals surface area contributed by atoms with Gasteiger partial charge in [0.1, 0.15) is 18.5 Å². The van der Waals surface area contributed by atoms with E-state index in [1.807, 2.05) is 24.3 Å². The van der Waals surface area contributed by atoms with Crippen LogP contribution in [-0.4, -0.2) is 48.3 Å². The number of nitrogens with two attached hydrogens (primary N) is 1. The molecule has 5 nitrogen and oxygen atoms in total. The van der Waals surface area contributed by atoms with Crippen molar-refractivity contribution in [2.75, 3.05) is 26.2 Å². The predicted molar refractivity (Wildman–Crippen MR) is 103 cm³/mol. The predicted octanol–water partition coefficient (Wildman–Crippen LogP) is 2.61. The molecule has 22 heavy (non-hydrogen) atoms. The monoisotopic (exact) mass is 483 g/mol. The van der Waals surface area contributed by atoms with E-state index in [-0.39, 0.29) is 37.1 Å². The number of hydrogen-bond donors (Lipinski definition) is 2. The first-order valence-corrected chi connectivity index (χ1v) is 8.06. The highest BCUT2D eigenvalue weighted by Crippen LogP contribution is 2.23. The highest BCUT2D eigenvalue weighted by atomic mass is 127. The fourth-order valence-corrected chi connectivity index (χ4v) is 2.62. The van der Waals surface area contributed by atoms with E-state index in [9.17, 15) is 5.11 Å². The molecular formula is C15H23BrIN3O2. The Hall–Kier alpha value is -0.540. The maximum atomic E-state index is 9.93. The minimum Gasteiger partial charge on any atom is -0.490 e. The second-order valence-corrected chi connectivity index (χ2v) is 6.00. The smallest absolute Gasteiger partial charge is 0.191 e. The number of rotatable bonds is 5. The van der Waals surface area contributed by atoms with Crippen molar-refractivity contribution in [3.05, 3.63) is 28.7 Å². The molecule has 3 N–H and O–H groups in total. The fraction of sp³-hybridized carbons (Fsp3) is 0.533. The molecule has 1 aromatic rings. The molecular weight excluding hydrogens is 461 g/mol. The van der Waals surface area contributed by atoms with Crippen molar-refractivity contribution in [2.45, 2.75) is 25.4 Å². The summed E-state index contributed by atoms with van der Waals surface area (Å²) < 4.78 is 6.42. The van der Waals surface area contributed by atoms with E-state index in [1.165, 1.54) is 6.42 Å². The minimum atomic E-state index is -0.666. The Bertz CT molecular complexity index is 482. The summed E-state index contributed by atoms with van der Waals surface area (Å²) in [5, 5.41) is 9.93. The lowest BCUT2D eigenvalue weighted by Crippen LogP contribution is -2.41. The van der Waals surface area contributed by atoms with Gasteiger partial charge in [-0.25, -0.2) is 0 Å². The van der Waals surface area contributed by atoms with Crippen LogP contribution in [0.1, 0.15) is 19.3 Å². The number of aliphatic hydroxyl groups is 1. The summed E-state index contributed by atoms with van der Waals surface area (Å²) in [5.41, 5.74) is 5.94. The standard InChI is InChI=1S/C15H22BrN3O2.HI/c16-13-6-2-3-7-14(13)21-11-12(20)10-18-15(17)19-8-4-1-5-9-19;/h2-3,6-7,12,20H,1,4-5,8-11H2,(H2,17,18);1H. The number of aliphatic imine (C=N–C) groups is 1. The van der Waals surface area contributed by atoms with E-state index in [0.29, 0.717) is 11.7 Å². The molecule has 0 amide bonds. The Kier molecular flexibility index (Phi) is 9.11. The maximum Gasteiger partial charge on any atom is 0.191 e. The second kappa shape index (κ2) is 10.3. The van der Waals surface area contributed by atoms with Gasteiger partial charge in [0.2, 0.25) is 0 Å². The largest absolute Gasteiger partial charge is 0.490 e. The second-order valence-electron chi connectivity index (χ2n) is 5.14. The zero-order chi connectivity index (χ0) is 15.1. The number of hydrogen-bond acceptors (Lipinski definition) is 3. The highest BCUT2D eigenvalue weighted by molar-refractivity contribution is 14.0. The Labute approximate surface area is 157 Å². The van der Waals surface area contributed by atoms with Gasteiger partial charge in [0.25, 0.3) is 0 Å². The van der Waals surface area contributed by atoms with Gasteiger partial charge in [0, 0.05) is 13.1 Å². The molecule has 2 rings (SSSR count). The average molecular weight is 484 g/mol. The van der Waals surface area contributed by atoms with Gasteiger partial charge in [-0.05, 0) is 47.3 Å². The molecule has 0 bridgehead atoms. The summed E-state index contributed by atoms with van der Waals surface area (Å²) in [6, 6.07) is 7.55. The normalized spacial score (nSPS) is 16.8. The van der Waals surface area contributed by atoms with Crippen LogP contribution in [0, 0.1) is 0 Å². The lowest BCUT2D eigenvalue weighted by molar-refractivity contribution is 0.114. The number of halogens is 2. The van der Waals surface area contributed by atoms with Crippen LogP contribution in [0.3, 0.4) is 0 Å². The van der Waals surface area contributed by atoms with E-state index in [1.54, 1.807) is 0 Å². The maximum absolute atomic E-state index is 9.93. The van der Waals surface area contributed by atoms with Crippen molar-refractivity contribution in [1.82, 2.24) is 4.90 Å². The topological polar surface area (TPSA) is 71.1 Å². The van der Waals surface area contributed by atoms with Crippen LogP contribution in [0.4, 0.5) is 0 Å². The molecule has 1 saturated heterocycles. The van der Waals surface area contributed by atoms with Crippen LogP contribution in [0.5, 0.6) is 5.75 Å². The molecule has 1 unspecified atom stereocenters. The molecule has 1 heterocycles. The third-order valence-corrected chi connectivity index (χ3v) is 4.07. The van der Waals surface area contributed by atoms with Gasteiger partial charge >= 0.3 is 0 Å². The van der Waals surface area contributed by atoms with Gasteiger partial charge in [0.05, 0.1) is 11.0 Å². The number of aliphatic hydroxyl groups excluding tert-OH is 1. The van der Waals surface area contributed by atoms with Crippen molar-refractivity contribution in [1.29, 1.82) is 0 Å². The first-order chi connectivity index (χ1) is 10.2. The van der Waals surface area contributed by atoms with Crippen LogP contribution in [0.25, 0.3) is 0 Å². The quantitative estimate of drug-likeness (QED) is 0.383. The summed E-state index contributed by atoms with van der Waals surface area (Å²) in [7, 11) is 0. The first kappa shape index (κ1) is 19.5. The number of para-hydroxylation sites is 1. The molecule has 1 aromatic carbocycles. The summed E-state index contributed by atoms with van der Waals surface area (Å²) in [6.45, 7) is 2.37. The van der Waals surface area contributed by atoms with E-state index in [0.717, 1.165) is 30.4 Å². The number of guanidine groups is 1. The Morgan fingerprint density at radius 2 is 2.00 bits per heavy atom. The average Bonchev–Trinajstić information content (AvgIpc) is 2.52. The molecule has 7 heteroatoms. The van der Waals surface area contributed by atoms with Gasteiger partial charge < -0.3 is 20.5 Å². The number of nitrogens with zero attached hydrogens (tertiary/aromatic N) is 2. The molecule has 1 aliphatic heterocycles. The number of piperidine rings is 1. The molecule has 1 aliphatic rings. The molecule has 0 aromatic heterocycles. The van der Waals surface area contributed by atoms with E-state index < -0.39 is 6.10 Å². The zero-order valence-corrected chi connectivity index (χ0v) is 16.4. The van der Waals surface area contributed by atoms with E-state index >= 15 is 0 Å². The van der Waals surface area contributed by atoms with E-state index in [4.69, 9.17) is 10.5 Å². The van der Waals surface area contributed by atoms with Crippen LogP contribution < -0.4 is 10.5 Å². The first-order valence-electron chi connectivity index (χ1n) is 7.27. The lowest BCUT2D eigenvalue weighted by atomic mass is 10.1. The van der Waals surface area contributed by atoms with Crippen LogP contribution in [0.2, 0.25) is 0 Å². The summed E-state index contributed by atoms with van der Waals surface area (Å²) in [5.74, 6) is 1.24. The van der Waals surface area contributed by atoms with Crippen molar-refractivity contribution in [2.24, 2.45) is 10.7 Å². The number of benzene rings is 1. The molecule has 0 spiro atoms. The van der Waals surface area contributed by atoms with Gasteiger partial charge in [-0.1, -0.05) is 12.1 Å². The molecule has 0 saturated carbocycles. The Morgan fingerprint density at radius 3 is 2.68 bits per heavy atom. The van der Waals surface area contributed by atoms with Crippen LogP contribution in [-0.2, 0) is 0 Å². The lowest BCUT2D eigenvalue weighted by Gasteiger charge is -2.27. The number of ether oxygens (including phenoxy) is 1. The highest BCUT2D eigenvalue weighted by Gasteiger charge is 2.13. The van der Waals surface area contributed by atoms with Crippen molar-refractivity contribution < 1.29 is 9.84 Å². The van der Waals surface area contributed by atoms with Gasteiger partial charge in [-0.3, -0.25) is 4.99 Å². The molecule has 1 fully saturated rings. The third kappa shape index (κ3) is 6.29. The molecule has 1 atom stereocenters. The Balaban J connectivity index is 0.00000242. The van der Waals surface area contributed by atoms with E-state index in [2.05, 4.69) is 25.8 Å². The van der Waals surface area contributed by atoms with Crippen LogP contribution in [0.15, 0.2) is 33.7 Å². The zero-order valence-electron chi connectivity index (χ0n) is 12.4. The fourth-order valence-electron chi connectivity index (χ4n) is 2.22. The third-order valence-electron chi connectivity index (χ3n) is 3.41. The molecule has 0 radical (unpaired) electrons. The van der Waals surface area contributed by atoms with Gasteiger partial charge in [-0.2, -0.15) is 0 Å². The van der Waals surface area contributed by atoms with Crippen LogP contribution >= 0.6 is 39.9 Å². The Morgan fingerprint density at radius 1 is 1.32 bits per heavy atom. The summed E-state index contributed by atoms with van der Waals surface area (Å²) in [6.07, 6.45) is 2.90. The minimum absolute atomic E-state index is 0. The van der Waals surface area contributed by atoms with Crippen molar-refractivity contribution >= 4 is 45.9 Å². The van der Waals surface area contributed by atoms with Crippen molar-refractivity contribution in [3.63, 3.8) is 0 Å². The van der Waals surface area contributed by atoms with Gasteiger partial charge in [0.15, 0.2) is 5.96 Å².